The van der Waals surface area contributed by atoms with E-state index in [0.29, 0.717) is 0 Å². The first-order chi connectivity index (χ1) is 10.0. The van der Waals surface area contributed by atoms with E-state index in [1.807, 2.05) is 26.0 Å². The lowest BCUT2D eigenvalue weighted by Crippen LogP contribution is -2.32. The van der Waals surface area contributed by atoms with Gasteiger partial charge in [0, 0.05) is 17.6 Å². The van der Waals surface area contributed by atoms with Gasteiger partial charge in [0.1, 0.15) is 5.84 Å². The molecular formula is C17H23N3O. The number of amidine groups is 1. The summed E-state index contributed by atoms with van der Waals surface area (Å²) in [5, 5.41) is 17.8. The van der Waals surface area contributed by atoms with Crippen LogP contribution in [0, 0.1) is 5.41 Å². The van der Waals surface area contributed by atoms with Gasteiger partial charge in [-0.3, -0.25) is 0 Å². The molecular weight excluding hydrogens is 262 g/mol. The van der Waals surface area contributed by atoms with Gasteiger partial charge in [-0.15, -0.1) is 0 Å². The number of hydrogen-bond donors (Lipinski definition) is 3. The fourth-order valence-corrected chi connectivity index (χ4v) is 2.33. The lowest BCUT2D eigenvalue weighted by Gasteiger charge is -2.22. The number of hydrogen-bond acceptors (Lipinski definition) is 3. The largest absolute Gasteiger partial charge is 0.409 e. The summed E-state index contributed by atoms with van der Waals surface area (Å²) in [4.78, 5) is 0. The highest BCUT2D eigenvalue weighted by Gasteiger charge is 2.22. The van der Waals surface area contributed by atoms with Crippen LogP contribution in [0.15, 0.2) is 47.6 Å². The van der Waals surface area contributed by atoms with Crippen LogP contribution < -0.4 is 11.1 Å². The van der Waals surface area contributed by atoms with Crippen LogP contribution in [0.2, 0.25) is 0 Å². The summed E-state index contributed by atoms with van der Waals surface area (Å²) in [6, 6.07) is 14.7. The first-order valence-electron chi connectivity index (χ1n) is 7.23. The molecule has 0 bridgehead atoms. The molecule has 0 aromatic heterocycles. The molecule has 0 unspecified atom stereocenters. The van der Waals surface area contributed by atoms with Crippen LogP contribution in [0.3, 0.4) is 0 Å². The van der Waals surface area contributed by atoms with Crippen LogP contribution in [0.4, 0.5) is 5.69 Å². The van der Waals surface area contributed by atoms with E-state index >= 15 is 0 Å². The van der Waals surface area contributed by atoms with Crippen molar-refractivity contribution in [3.63, 3.8) is 0 Å². The monoisotopic (exact) mass is 285 g/mol. The summed E-state index contributed by atoms with van der Waals surface area (Å²) < 4.78 is 0. The minimum absolute atomic E-state index is 0.278. The van der Waals surface area contributed by atoms with Crippen LogP contribution in [0.1, 0.15) is 26.7 Å². The van der Waals surface area contributed by atoms with Gasteiger partial charge in [-0.2, -0.15) is 0 Å². The third kappa shape index (κ3) is 3.88. The van der Waals surface area contributed by atoms with Crippen LogP contribution in [-0.4, -0.2) is 17.6 Å². The Morgan fingerprint density at radius 3 is 2.62 bits per heavy atom. The number of fused-ring (bicyclic) bond motifs is 1. The SMILES string of the molecule is CC(C)(CCCNc1ccc2ccccc2c1)C(N)=NO. The molecule has 0 spiro atoms. The second-order valence-electron chi connectivity index (χ2n) is 5.96. The fourth-order valence-electron chi connectivity index (χ4n) is 2.33. The quantitative estimate of drug-likeness (QED) is 0.248. The number of nitrogens with one attached hydrogen (secondary N) is 1. The average molecular weight is 285 g/mol. The lowest BCUT2D eigenvalue weighted by atomic mass is 9.86. The molecule has 0 aliphatic rings. The van der Waals surface area contributed by atoms with Crippen LogP contribution in [-0.2, 0) is 0 Å². The molecule has 2 aromatic rings. The second kappa shape index (κ2) is 6.48. The number of oxime groups is 1. The summed E-state index contributed by atoms with van der Waals surface area (Å²) in [6.07, 6.45) is 1.82. The average Bonchev–Trinajstić information content (AvgIpc) is 2.50. The first kappa shape index (κ1) is 15.2. The van der Waals surface area contributed by atoms with Crippen LogP contribution >= 0.6 is 0 Å². The number of anilines is 1. The maximum atomic E-state index is 8.75. The van der Waals surface area contributed by atoms with E-state index in [9.17, 15) is 0 Å². The predicted molar refractivity (Wildman–Crippen MR) is 88.9 cm³/mol. The van der Waals surface area contributed by atoms with E-state index in [1.54, 1.807) is 0 Å². The molecule has 4 nitrogen and oxygen atoms in total. The van der Waals surface area contributed by atoms with E-state index in [1.165, 1.54) is 10.8 Å². The van der Waals surface area contributed by atoms with E-state index in [4.69, 9.17) is 10.9 Å². The van der Waals surface area contributed by atoms with Crippen molar-refractivity contribution in [2.24, 2.45) is 16.3 Å². The highest BCUT2D eigenvalue weighted by molar-refractivity contribution is 5.86. The summed E-state index contributed by atoms with van der Waals surface area (Å²) in [5.74, 6) is 0.285. The molecule has 4 heteroatoms. The third-order valence-corrected chi connectivity index (χ3v) is 3.86. The Morgan fingerprint density at radius 1 is 1.19 bits per heavy atom. The van der Waals surface area contributed by atoms with Gasteiger partial charge in [0.05, 0.1) is 0 Å². The van der Waals surface area contributed by atoms with Crippen molar-refractivity contribution in [1.82, 2.24) is 0 Å². The molecule has 0 amide bonds. The Bertz CT molecular complexity index is 635. The number of benzene rings is 2. The fraction of sp³-hybridized carbons (Fsp3) is 0.353. The smallest absolute Gasteiger partial charge is 0.144 e. The maximum Gasteiger partial charge on any atom is 0.144 e. The van der Waals surface area contributed by atoms with E-state index < -0.39 is 0 Å². The molecule has 21 heavy (non-hydrogen) atoms. The van der Waals surface area contributed by atoms with Gasteiger partial charge < -0.3 is 16.3 Å². The Labute approximate surface area is 125 Å². The minimum Gasteiger partial charge on any atom is -0.409 e. The molecule has 112 valence electrons. The summed E-state index contributed by atoms with van der Waals surface area (Å²) in [6.45, 7) is 4.83. The Hall–Kier alpha value is -2.23. The van der Waals surface area contributed by atoms with Crippen molar-refractivity contribution >= 4 is 22.3 Å². The van der Waals surface area contributed by atoms with Crippen molar-refractivity contribution in [3.05, 3.63) is 42.5 Å². The zero-order valence-corrected chi connectivity index (χ0v) is 12.6. The normalized spacial score (nSPS) is 12.6. The summed E-state index contributed by atoms with van der Waals surface area (Å²) in [5.41, 5.74) is 6.53. The molecule has 0 saturated carbocycles. The standard InChI is InChI=1S/C17H23N3O/c1-17(2,16(18)20-21)10-5-11-19-15-9-8-13-6-3-4-7-14(13)12-15/h3-4,6-9,12,19,21H,5,10-11H2,1-2H3,(H2,18,20). The van der Waals surface area contributed by atoms with Gasteiger partial charge in [-0.25, -0.2) is 0 Å². The van der Waals surface area contributed by atoms with Gasteiger partial charge in [-0.1, -0.05) is 49.3 Å². The molecule has 2 rings (SSSR count). The number of nitrogens with zero attached hydrogens (tertiary/aromatic N) is 1. The van der Waals surface area contributed by atoms with Crippen molar-refractivity contribution in [1.29, 1.82) is 0 Å². The van der Waals surface area contributed by atoms with E-state index in [-0.39, 0.29) is 11.3 Å². The first-order valence-corrected chi connectivity index (χ1v) is 7.23. The van der Waals surface area contributed by atoms with Gasteiger partial charge in [0.25, 0.3) is 0 Å². The molecule has 4 N–H and O–H groups in total. The molecule has 0 heterocycles. The number of nitrogens with two attached hydrogens (primary N) is 1. The molecule has 0 saturated heterocycles. The van der Waals surface area contributed by atoms with Gasteiger partial charge in [-0.05, 0) is 35.7 Å². The lowest BCUT2D eigenvalue weighted by molar-refractivity contribution is 0.305. The van der Waals surface area contributed by atoms with Gasteiger partial charge in [0.2, 0.25) is 0 Å². The van der Waals surface area contributed by atoms with Crippen molar-refractivity contribution in [3.8, 4) is 0 Å². The van der Waals surface area contributed by atoms with Crippen molar-refractivity contribution in [2.75, 3.05) is 11.9 Å². The topological polar surface area (TPSA) is 70.6 Å². The number of rotatable bonds is 6. The molecule has 0 fully saturated rings. The minimum atomic E-state index is -0.278. The Balaban J connectivity index is 1.88. The summed E-state index contributed by atoms with van der Waals surface area (Å²) >= 11 is 0. The van der Waals surface area contributed by atoms with E-state index in [0.717, 1.165) is 25.1 Å². The second-order valence-corrected chi connectivity index (χ2v) is 5.96. The van der Waals surface area contributed by atoms with Crippen molar-refractivity contribution < 1.29 is 5.21 Å². The van der Waals surface area contributed by atoms with Gasteiger partial charge >= 0.3 is 0 Å². The Morgan fingerprint density at radius 2 is 1.90 bits per heavy atom. The highest BCUT2D eigenvalue weighted by atomic mass is 16.4. The van der Waals surface area contributed by atoms with Crippen LogP contribution in [0.25, 0.3) is 10.8 Å². The molecule has 2 aromatic carbocycles. The molecule has 0 radical (unpaired) electrons. The predicted octanol–water partition coefficient (Wildman–Crippen LogP) is 3.80. The zero-order chi connectivity index (χ0) is 15.3. The third-order valence-electron chi connectivity index (χ3n) is 3.86. The molecule has 0 atom stereocenters. The Kier molecular flexibility index (Phi) is 4.68. The maximum absolute atomic E-state index is 8.75. The molecule has 0 aliphatic heterocycles. The van der Waals surface area contributed by atoms with Crippen LogP contribution in [0.5, 0.6) is 0 Å². The zero-order valence-electron chi connectivity index (χ0n) is 12.6. The summed E-state index contributed by atoms with van der Waals surface area (Å²) in [7, 11) is 0. The molecule has 0 aliphatic carbocycles. The van der Waals surface area contributed by atoms with E-state index in [2.05, 4.69) is 40.8 Å². The highest BCUT2D eigenvalue weighted by Crippen LogP contribution is 2.23. The van der Waals surface area contributed by atoms with Crippen molar-refractivity contribution in [2.45, 2.75) is 26.7 Å². The van der Waals surface area contributed by atoms with Gasteiger partial charge in [0.15, 0.2) is 0 Å².